The van der Waals surface area contributed by atoms with E-state index in [-0.39, 0.29) is 50.1 Å². The van der Waals surface area contributed by atoms with Gasteiger partial charge >= 0.3 is 11.9 Å². The van der Waals surface area contributed by atoms with E-state index in [1.165, 1.54) is 48.6 Å². The average Bonchev–Trinajstić information content (AvgIpc) is 3.51. The second kappa shape index (κ2) is 11.2. The van der Waals surface area contributed by atoms with Crippen LogP contribution in [0, 0.1) is 23.3 Å². The van der Waals surface area contributed by atoms with Gasteiger partial charge in [0.1, 0.15) is 11.2 Å². The molecule has 0 radical (unpaired) electrons. The number of nitrogens with zero attached hydrogens (tertiary/aromatic N) is 2. The molecule has 2 fully saturated rings. The van der Waals surface area contributed by atoms with E-state index < -0.39 is 46.4 Å². The number of carbonyl (C=O) groups is 2. The molecule has 2 saturated heterocycles. The first-order chi connectivity index (χ1) is 18.1. The molecular formula is C26H26F4N2O6. The first-order valence-corrected chi connectivity index (χ1v) is 11.7. The van der Waals surface area contributed by atoms with E-state index in [9.17, 15) is 27.2 Å². The van der Waals surface area contributed by atoms with Crippen LogP contribution in [0.15, 0.2) is 48.6 Å². The average molecular weight is 538 g/mol. The minimum Gasteiger partial charge on any atom is -0.372 e. The number of carbonyl (C=O) groups excluding carboxylic acids is 2. The molecule has 2 atom stereocenters. The highest BCUT2D eigenvalue weighted by molar-refractivity contribution is 5.91. The lowest BCUT2D eigenvalue weighted by molar-refractivity contribution is -0.186. The highest BCUT2D eigenvalue weighted by Gasteiger charge is 2.45. The van der Waals surface area contributed by atoms with Gasteiger partial charge < -0.3 is 19.1 Å². The van der Waals surface area contributed by atoms with Crippen LogP contribution in [0.3, 0.4) is 0 Å². The predicted octanol–water partition coefficient (Wildman–Crippen LogP) is 3.51. The van der Waals surface area contributed by atoms with E-state index in [1.54, 1.807) is 0 Å². The van der Waals surface area contributed by atoms with Crippen LogP contribution in [0.2, 0.25) is 0 Å². The molecule has 0 aromatic heterocycles. The second-order valence-electron chi connectivity index (χ2n) is 8.98. The number of rotatable bonds is 8. The summed E-state index contributed by atoms with van der Waals surface area (Å²) in [5.74, 6) is -5.91. The number of hydrogen-bond acceptors (Lipinski definition) is 8. The highest BCUT2D eigenvalue weighted by Crippen LogP contribution is 2.38. The lowest BCUT2D eigenvalue weighted by atomic mass is 9.92. The maximum Gasteiger partial charge on any atom is 0.349 e. The molecule has 38 heavy (non-hydrogen) atoms. The maximum atomic E-state index is 14.4. The van der Waals surface area contributed by atoms with Crippen molar-refractivity contribution in [3.63, 3.8) is 0 Å². The van der Waals surface area contributed by atoms with Crippen LogP contribution in [0.4, 0.5) is 17.6 Å². The topological polar surface area (TPSA) is 77.5 Å². The third-order valence-corrected chi connectivity index (χ3v) is 6.85. The standard InChI is InChI=1S/C26H26F4N2O6/c1-35-25(17-5-3-7-19(27)23(17)29)11-13-31(15-25)37-21(33)9-10-22(34)38-32-14-12-26(16-32,36-2)18-6-4-8-20(28)24(18)30/h3-10H,11-16H2,1-2H3/b10-9+. The smallest absolute Gasteiger partial charge is 0.349 e. The highest BCUT2D eigenvalue weighted by atomic mass is 19.2. The summed E-state index contributed by atoms with van der Waals surface area (Å²) in [7, 11) is 2.70. The number of benzene rings is 2. The van der Waals surface area contributed by atoms with Crippen molar-refractivity contribution in [2.75, 3.05) is 40.4 Å². The lowest BCUT2D eigenvalue weighted by Crippen LogP contribution is -2.35. The molecule has 0 spiro atoms. The third kappa shape index (κ3) is 5.44. The Balaban J connectivity index is 1.32. The molecule has 2 unspecified atom stereocenters. The molecule has 0 N–H and O–H groups in total. The van der Waals surface area contributed by atoms with Crippen molar-refractivity contribution in [2.45, 2.75) is 24.0 Å². The zero-order valence-electron chi connectivity index (χ0n) is 20.7. The summed E-state index contributed by atoms with van der Waals surface area (Å²) in [5.41, 5.74) is -2.43. The van der Waals surface area contributed by atoms with Crippen LogP contribution in [-0.4, -0.2) is 62.5 Å². The minimum atomic E-state index is -1.22. The second-order valence-corrected chi connectivity index (χ2v) is 8.98. The Morgan fingerprint density at radius 2 is 1.13 bits per heavy atom. The van der Waals surface area contributed by atoms with Gasteiger partial charge in [0.25, 0.3) is 0 Å². The predicted molar refractivity (Wildman–Crippen MR) is 124 cm³/mol. The van der Waals surface area contributed by atoms with Crippen molar-refractivity contribution in [2.24, 2.45) is 0 Å². The van der Waals surface area contributed by atoms with E-state index in [0.29, 0.717) is 0 Å². The fourth-order valence-corrected chi connectivity index (χ4v) is 4.81. The molecule has 2 heterocycles. The van der Waals surface area contributed by atoms with Gasteiger partial charge in [-0.15, -0.1) is 10.1 Å². The summed E-state index contributed by atoms with van der Waals surface area (Å²) < 4.78 is 67.2. The van der Waals surface area contributed by atoms with Gasteiger partial charge in [0.2, 0.25) is 0 Å². The fraction of sp³-hybridized carbons (Fsp3) is 0.385. The monoisotopic (exact) mass is 538 g/mol. The van der Waals surface area contributed by atoms with Crippen molar-refractivity contribution < 1.29 is 46.3 Å². The summed E-state index contributed by atoms with van der Waals surface area (Å²) in [6.45, 7) is 0.240. The maximum absolute atomic E-state index is 14.4. The molecule has 2 aliphatic heterocycles. The number of ether oxygens (including phenoxy) is 2. The van der Waals surface area contributed by atoms with Gasteiger partial charge in [-0.05, 0) is 25.0 Å². The molecule has 0 saturated carbocycles. The zero-order chi connectivity index (χ0) is 27.5. The molecule has 204 valence electrons. The summed E-state index contributed by atoms with van der Waals surface area (Å²) in [5, 5.41) is 2.46. The van der Waals surface area contributed by atoms with Crippen LogP contribution in [0.1, 0.15) is 24.0 Å². The van der Waals surface area contributed by atoms with Gasteiger partial charge in [-0.2, -0.15) is 0 Å². The number of hydroxylamine groups is 4. The normalized spacial score (nSPS) is 24.3. The van der Waals surface area contributed by atoms with Crippen LogP contribution in [-0.2, 0) is 39.9 Å². The first-order valence-electron chi connectivity index (χ1n) is 11.7. The number of halogens is 4. The van der Waals surface area contributed by atoms with Gasteiger partial charge in [0, 0.05) is 50.6 Å². The molecule has 0 bridgehead atoms. The Morgan fingerprint density at radius 1 is 0.737 bits per heavy atom. The zero-order valence-corrected chi connectivity index (χ0v) is 20.7. The number of hydrogen-bond donors (Lipinski definition) is 0. The summed E-state index contributed by atoms with van der Waals surface area (Å²) in [6.07, 6.45) is 2.16. The molecule has 2 aromatic carbocycles. The largest absolute Gasteiger partial charge is 0.372 e. The van der Waals surface area contributed by atoms with E-state index >= 15 is 0 Å². The Bertz CT molecular complexity index is 1150. The Morgan fingerprint density at radius 3 is 1.50 bits per heavy atom. The summed E-state index contributed by atoms with van der Waals surface area (Å²) in [4.78, 5) is 34.9. The van der Waals surface area contributed by atoms with Crippen molar-refractivity contribution in [1.82, 2.24) is 10.1 Å². The molecule has 0 amide bonds. The van der Waals surface area contributed by atoms with E-state index in [4.69, 9.17) is 19.1 Å². The minimum absolute atomic E-state index is 0.00791. The molecule has 12 heteroatoms. The van der Waals surface area contributed by atoms with Crippen molar-refractivity contribution in [3.05, 3.63) is 82.9 Å². The van der Waals surface area contributed by atoms with Crippen LogP contribution >= 0.6 is 0 Å². The van der Waals surface area contributed by atoms with Gasteiger partial charge in [-0.3, -0.25) is 0 Å². The quantitative estimate of drug-likeness (QED) is 0.374. The van der Waals surface area contributed by atoms with Crippen molar-refractivity contribution in [3.8, 4) is 0 Å². The third-order valence-electron chi connectivity index (χ3n) is 6.85. The fourth-order valence-electron chi connectivity index (χ4n) is 4.81. The van der Waals surface area contributed by atoms with Gasteiger partial charge in [0.05, 0.1) is 13.1 Å². The van der Waals surface area contributed by atoms with E-state index in [0.717, 1.165) is 24.3 Å². The number of methoxy groups -OCH3 is 2. The van der Waals surface area contributed by atoms with Gasteiger partial charge in [0.15, 0.2) is 23.3 Å². The van der Waals surface area contributed by atoms with Crippen LogP contribution in [0.25, 0.3) is 0 Å². The molecule has 4 rings (SSSR count). The Labute approximate surface area is 216 Å². The first kappa shape index (κ1) is 27.7. The van der Waals surface area contributed by atoms with Crippen molar-refractivity contribution in [1.29, 1.82) is 0 Å². The molecule has 2 aromatic rings. The Hall–Kier alpha value is -3.32. The van der Waals surface area contributed by atoms with Gasteiger partial charge in [-0.25, -0.2) is 27.2 Å². The van der Waals surface area contributed by atoms with Crippen LogP contribution in [0.5, 0.6) is 0 Å². The summed E-state index contributed by atoms with van der Waals surface area (Å²) >= 11 is 0. The molecule has 0 aliphatic carbocycles. The van der Waals surface area contributed by atoms with E-state index in [1.807, 2.05) is 0 Å². The molecular weight excluding hydrogens is 512 g/mol. The van der Waals surface area contributed by atoms with E-state index in [2.05, 4.69) is 0 Å². The molecule has 2 aliphatic rings. The van der Waals surface area contributed by atoms with Crippen molar-refractivity contribution >= 4 is 11.9 Å². The molecule has 8 nitrogen and oxygen atoms in total. The Kier molecular flexibility index (Phi) is 8.16. The lowest BCUT2D eigenvalue weighted by Gasteiger charge is -2.28. The SMILES string of the molecule is COC1(c2cccc(F)c2F)CCN(OC(=O)/C=C/C(=O)ON2CCC(OC)(c3cccc(F)c3F)C2)C1. The van der Waals surface area contributed by atoms with Gasteiger partial charge in [-0.1, -0.05) is 24.3 Å². The van der Waals surface area contributed by atoms with Crippen LogP contribution < -0.4 is 0 Å². The summed E-state index contributed by atoms with van der Waals surface area (Å²) in [6, 6.07) is 7.53.